The second-order valence-corrected chi connectivity index (χ2v) is 4.60. The van der Waals surface area contributed by atoms with E-state index in [1.807, 2.05) is 0 Å². The fourth-order valence-corrected chi connectivity index (χ4v) is 1.90. The highest BCUT2D eigenvalue weighted by Gasteiger charge is 2.11. The van der Waals surface area contributed by atoms with Gasteiger partial charge in [-0.05, 0) is 15.1 Å². The van der Waals surface area contributed by atoms with Crippen LogP contribution in [0.15, 0.2) is 35.2 Å². The van der Waals surface area contributed by atoms with E-state index in [4.69, 9.17) is 0 Å². The van der Waals surface area contributed by atoms with Crippen molar-refractivity contribution in [3.8, 4) is 0 Å². The first kappa shape index (κ1) is 8.95. The van der Waals surface area contributed by atoms with E-state index in [1.54, 1.807) is 18.2 Å². The molecule has 1 aromatic rings. The van der Waals surface area contributed by atoms with Crippen molar-refractivity contribution >= 4 is 32.9 Å². The summed E-state index contributed by atoms with van der Waals surface area (Å²) in [5, 5.41) is 0. The molecule has 0 unspecified atom stereocenters. The van der Waals surface area contributed by atoms with Crippen LogP contribution in [0.4, 0.5) is 0 Å². The molecule has 0 N–H and O–H groups in total. The summed E-state index contributed by atoms with van der Waals surface area (Å²) in [5.74, 6) is 0. The van der Waals surface area contributed by atoms with Crippen LogP contribution >= 0.6 is 22.9 Å². The predicted octanol–water partition coefficient (Wildman–Crippen LogP) is 1.33. The van der Waals surface area contributed by atoms with Gasteiger partial charge in [-0.25, -0.2) is 8.42 Å². The molecule has 59 valence electrons. The van der Waals surface area contributed by atoms with E-state index in [9.17, 15) is 8.42 Å². The Morgan fingerprint density at radius 2 is 1.73 bits per heavy atom. The molecule has 0 saturated carbocycles. The third kappa shape index (κ3) is 2.14. The van der Waals surface area contributed by atoms with Gasteiger partial charge in [0.2, 0.25) is 0 Å². The van der Waals surface area contributed by atoms with Gasteiger partial charge in [0.05, 0.1) is 27.8 Å². The topological polar surface area (TPSA) is 48.2 Å². The van der Waals surface area contributed by atoms with Gasteiger partial charge in [0.1, 0.15) is 0 Å². The quantitative estimate of drug-likeness (QED) is 0.768. The maximum absolute atomic E-state index is 11.0. The molecule has 0 heterocycles. The lowest BCUT2D eigenvalue weighted by Crippen LogP contribution is -2.06. The lowest BCUT2D eigenvalue weighted by atomic mass is 10.4. The molecule has 1 aromatic carbocycles. The summed E-state index contributed by atoms with van der Waals surface area (Å²) in [6.07, 6.45) is 0. The molecule has 0 amide bonds. The number of halogens is 1. The van der Waals surface area contributed by atoms with Crippen molar-refractivity contribution in [1.82, 2.24) is 2.94 Å². The van der Waals surface area contributed by atoms with Crippen molar-refractivity contribution in [1.29, 1.82) is 0 Å². The van der Waals surface area contributed by atoms with Crippen molar-refractivity contribution in [3.63, 3.8) is 0 Å². The first-order valence-electron chi connectivity index (χ1n) is 2.80. The summed E-state index contributed by atoms with van der Waals surface area (Å²) >= 11 is 1.47. The smallest absolute Gasteiger partial charge is 0.205 e. The Kier molecular flexibility index (Phi) is 2.85. The fourth-order valence-electron chi connectivity index (χ4n) is 0.632. The SMILES string of the molecule is O=S(=O)([N]I)c1ccccc1. The van der Waals surface area contributed by atoms with Crippen LogP contribution in [-0.2, 0) is 10.0 Å². The van der Waals surface area contributed by atoms with E-state index in [2.05, 4.69) is 2.94 Å². The molecule has 1 radical (unpaired) electrons. The molecule has 3 nitrogen and oxygen atoms in total. The molecular formula is C6H5INO2S. The summed E-state index contributed by atoms with van der Waals surface area (Å²) in [4.78, 5) is 0.231. The molecule has 0 aliphatic heterocycles. The van der Waals surface area contributed by atoms with Gasteiger partial charge in [-0.1, -0.05) is 18.2 Å². The Labute approximate surface area is 79.4 Å². The fraction of sp³-hybridized carbons (Fsp3) is 0. The molecule has 0 aromatic heterocycles. The van der Waals surface area contributed by atoms with Crippen LogP contribution in [0.5, 0.6) is 0 Å². The second-order valence-electron chi connectivity index (χ2n) is 1.86. The molecule has 5 heteroatoms. The van der Waals surface area contributed by atoms with E-state index >= 15 is 0 Å². The zero-order chi connectivity index (χ0) is 8.32. The minimum absolute atomic E-state index is 0.231. The Morgan fingerprint density at radius 3 is 2.18 bits per heavy atom. The minimum Gasteiger partial charge on any atom is -0.205 e. The lowest BCUT2D eigenvalue weighted by Gasteiger charge is -1.96. The molecule has 0 fully saturated rings. The van der Waals surface area contributed by atoms with Crippen LogP contribution in [-0.4, -0.2) is 8.42 Å². The van der Waals surface area contributed by atoms with Crippen molar-refractivity contribution in [2.75, 3.05) is 0 Å². The number of hydrogen-bond donors (Lipinski definition) is 0. The largest absolute Gasteiger partial charge is 0.266 e. The number of nitrogens with zero attached hydrogens (tertiary/aromatic N) is 1. The number of rotatable bonds is 2. The Bertz CT molecular complexity index is 322. The third-order valence-electron chi connectivity index (χ3n) is 1.13. The van der Waals surface area contributed by atoms with Gasteiger partial charge in [-0.15, -0.1) is 0 Å². The Morgan fingerprint density at radius 1 is 1.18 bits per heavy atom. The van der Waals surface area contributed by atoms with Gasteiger partial charge >= 0.3 is 0 Å². The van der Waals surface area contributed by atoms with Crippen LogP contribution in [0.3, 0.4) is 0 Å². The highest BCUT2D eigenvalue weighted by molar-refractivity contribution is 14.1. The number of hydrogen-bond acceptors (Lipinski definition) is 2. The molecule has 0 atom stereocenters. The summed E-state index contributed by atoms with van der Waals surface area (Å²) in [5.41, 5.74) is 0. The summed E-state index contributed by atoms with van der Waals surface area (Å²) in [7, 11) is -3.39. The van der Waals surface area contributed by atoms with Gasteiger partial charge in [0, 0.05) is 0 Å². The first-order valence-corrected chi connectivity index (χ1v) is 5.20. The molecule has 0 spiro atoms. The average molecular weight is 282 g/mol. The normalized spacial score (nSPS) is 11.4. The van der Waals surface area contributed by atoms with Gasteiger partial charge in [-0.3, -0.25) is 0 Å². The van der Waals surface area contributed by atoms with E-state index < -0.39 is 10.0 Å². The zero-order valence-electron chi connectivity index (χ0n) is 5.44. The molecule has 11 heavy (non-hydrogen) atoms. The van der Waals surface area contributed by atoms with Crippen molar-refractivity contribution in [2.45, 2.75) is 4.90 Å². The number of benzene rings is 1. The van der Waals surface area contributed by atoms with Crippen LogP contribution in [0.1, 0.15) is 0 Å². The van der Waals surface area contributed by atoms with E-state index in [0.717, 1.165) is 0 Å². The van der Waals surface area contributed by atoms with Crippen LogP contribution in [0, 0.1) is 0 Å². The third-order valence-corrected chi connectivity index (χ3v) is 3.74. The monoisotopic (exact) mass is 282 g/mol. The highest BCUT2D eigenvalue weighted by atomic mass is 127. The van der Waals surface area contributed by atoms with Crippen molar-refractivity contribution < 1.29 is 8.42 Å². The summed E-state index contributed by atoms with van der Waals surface area (Å²) in [6, 6.07) is 8.10. The molecule has 0 saturated heterocycles. The Balaban J connectivity index is 3.14. The average Bonchev–Trinajstić information content (AvgIpc) is 2.06. The molecule has 0 aliphatic rings. The maximum Gasteiger partial charge on any atom is 0.266 e. The molecule has 0 bridgehead atoms. The van der Waals surface area contributed by atoms with Crippen molar-refractivity contribution in [3.05, 3.63) is 30.3 Å². The van der Waals surface area contributed by atoms with Gasteiger partial charge < -0.3 is 0 Å². The van der Waals surface area contributed by atoms with Gasteiger partial charge in [0.25, 0.3) is 10.0 Å². The van der Waals surface area contributed by atoms with Crippen LogP contribution in [0.25, 0.3) is 0 Å². The first-order chi connectivity index (χ1) is 5.17. The van der Waals surface area contributed by atoms with Gasteiger partial charge in [0.15, 0.2) is 0 Å². The van der Waals surface area contributed by atoms with E-state index in [-0.39, 0.29) is 4.90 Å². The van der Waals surface area contributed by atoms with Crippen LogP contribution < -0.4 is 2.94 Å². The van der Waals surface area contributed by atoms with Gasteiger partial charge in [-0.2, -0.15) is 0 Å². The highest BCUT2D eigenvalue weighted by Crippen LogP contribution is 2.08. The lowest BCUT2D eigenvalue weighted by molar-refractivity contribution is 0.595. The predicted molar refractivity (Wildman–Crippen MR) is 49.8 cm³/mol. The zero-order valence-corrected chi connectivity index (χ0v) is 8.41. The molecular weight excluding hydrogens is 277 g/mol. The van der Waals surface area contributed by atoms with E-state index in [0.29, 0.717) is 0 Å². The summed E-state index contributed by atoms with van der Waals surface area (Å²) in [6.45, 7) is 0. The summed E-state index contributed by atoms with van der Waals surface area (Å²) < 4.78 is 25.3. The molecule has 0 aliphatic carbocycles. The minimum atomic E-state index is -3.39. The second kappa shape index (κ2) is 3.51. The van der Waals surface area contributed by atoms with E-state index in [1.165, 1.54) is 35.0 Å². The maximum atomic E-state index is 11.0. The Hall–Kier alpha value is -0.140. The number of sulfonamides is 1. The van der Waals surface area contributed by atoms with Crippen molar-refractivity contribution in [2.24, 2.45) is 0 Å². The standard InChI is InChI=1S/C6H5INO2S/c7-8-11(9,10)6-4-2-1-3-5-6/h1-5H. The molecule has 1 rings (SSSR count). The van der Waals surface area contributed by atoms with Crippen LogP contribution in [0.2, 0.25) is 0 Å².